The van der Waals surface area contributed by atoms with Gasteiger partial charge >= 0.3 is 0 Å². The van der Waals surface area contributed by atoms with E-state index in [0.29, 0.717) is 0 Å². The molecule has 1 nitrogen and oxygen atoms in total. The van der Waals surface area contributed by atoms with Gasteiger partial charge in [0.05, 0.1) is 0 Å². The summed E-state index contributed by atoms with van der Waals surface area (Å²) in [5.74, 6) is 3.18. The second-order valence-corrected chi connectivity index (χ2v) is 6.82. The Kier molecular flexibility index (Phi) is 6.83. The molecule has 1 rings (SSSR count). The summed E-state index contributed by atoms with van der Waals surface area (Å²) in [4.78, 5) is 0. The summed E-state index contributed by atoms with van der Waals surface area (Å²) >= 11 is 2.21. The van der Waals surface area contributed by atoms with Crippen LogP contribution in [0.15, 0.2) is 0 Å². The first-order chi connectivity index (χ1) is 7.69. The van der Waals surface area contributed by atoms with Crippen LogP contribution < -0.4 is 5.32 Å². The molecular formula is C14H29NS. The van der Waals surface area contributed by atoms with Crippen LogP contribution in [0.1, 0.15) is 52.9 Å². The number of nitrogens with one attached hydrogen (secondary N) is 1. The Morgan fingerprint density at radius 2 is 2.06 bits per heavy atom. The molecule has 0 bridgehead atoms. The Hall–Kier alpha value is 0.310. The number of unbranched alkanes of at least 4 members (excludes halogenated alkanes) is 1. The van der Waals surface area contributed by atoms with Crippen molar-refractivity contribution < 1.29 is 0 Å². The van der Waals surface area contributed by atoms with Gasteiger partial charge in [-0.05, 0) is 50.3 Å². The van der Waals surface area contributed by atoms with Crippen LogP contribution in [0.3, 0.4) is 0 Å². The summed E-state index contributed by atoms with van der Waals surface area (Å²) in [5.41, 5.74) is 0. The van der Waals surface area contributed by atoms with Crippen LogP contribution in [0, 0.1) is 11.8 Å². The minimum absolute atomic E-state index is 0.761. The van der Waals surface area contributed by atoms with Gasteiger partial charge in [0.1, 0.15) is 0 Å². The molecule has 0 aromatic heterocycles. The molecule has 0 heterocycles. The molecule has 1 saturated carbocycles. The normalized spacial score (nSPS) is 30.9. The van der Waals surface area contributed by atoms with Crippen molar-refractivity contribution in [3.05, 3.63) is 0 Å². The molecule has 0 aromatic carbocycles. The second kappa shape index (κ2) is 7.60. The van der Waals surface area contributed by atoms with Gasteiger partial charge in [0.2, 0.25) is 0 Å². The summed E-state index contributed by atoms with van der Waals surface area (Å²) in [7, 11) is 2.13. The van der Waals surface area contributed by atoms with Crippen molar-refractivity contribution >= 4 is 11.8 Å². The summed E-state index contributed by atoms with van der Waals surface area (Å²) in [5, 5.41) is 4.38. The Labute approximate surface area is 106 Å². The van der Waals surface area contributed by atoms with Crippen LogP contribution in [-0.2, 0) is 0 Å². The van der Waals surface area contributed by atoms with E-state index in [2.05, 4.69) is 44.9 Å². The molecule has 3 unspecified atom stereocenters. The molecular weight excluding hydrogens is 214 g/mol. The molecule has 0 radical (unpaired) electrons. The van der Waals surface area contributed by atoms with Crippen molar-refractivity contribution in [3.63, 3.8) is 0 Å². The van der Waals surface area contributed by atoms with Gasteiger partial charge in [0, 0.05) is 11.3 Å². The van der Waals surface area contributed by atoms with E-state index in [1.807, 2.05) is 0 Å². The van der Waals surface area contributed by atoms with Gasteiger partial charge in [-0.15, -0.1) is 0 Å². The van der Waals surface area contributed by atoms with Crippen LogP contribution >= 0.6 is 11.8 Å². The Balaban J connectivity index is 2.40. The zero-order valence-electron chi connectivity index (χ0n) is 11.5. The fourth-order valence-corrected chi connectivity index (χ4v) is 4.30. The minimum Gasteiger partial charge on any atom is -0.316 e. The molecule has 3 atom stereocenters. The molecule has 2 heteroatoms. The fraction of sp³-hybridized carbons (Fsp3) is 1.00. The zero-order valence-corrected chi connectivity index (χ0v) is 12.3. The van der Waals surface area contributed by atoms with E-state index in [0.717, 1.165) is 23.1 Å². The van der Waals surface area contributed by atoms with Crippen LogP contribution in [0.25, 0.3) is 0 Å². The Morgan fingerprint density at radius 3 is 2.62 bits per heavy atom. The van der Waals surface area contributed by atoms with Gasteiger partial charge in [-0.3, -0.25) is 0 Å². The average Bonchev–Trinajstić information content (AvgIpc) is 2.29. The maximum absolute atomic E-state index is 3.52. The van der Waals surface area contributed by atoms with Crippen molar-refractivity contribution in [1.29, 1.82) is 0 Å². The Bertz CT molecular complexity index is 182. The highest BCUT2D eigenvalue weighted by Gasteiger charge is 2.30. The maximum atomic E-state index is 3.52. The van der Waals surface area contributed by atoms with Gasteiger partial charge in [0.15, 0.2) is 0 Å². The molecule has 0 aromatic rings. The summed E-state index contributed by atoms with van der Waals surface area (Å²) < 4.78 is 0. The van der Waals surface area contributed by atoms with Crippen LogP contribution in [0.5, 0.6) is 0 Å². The monoisotopic (exact) mass is 243 g/mol. The highest BCUT2D eigenvalue weighted by molar-refractivity contribution is 7.99. The maximum Gasteiger partial charge on any atom is 0.0203 e. The van der Waals surface area contributed by atoms with Crippen molar-refractivity contribution in [2.75, 3.05) is 12.8 Å². The summed E-state index contributed by atoms with van der Waals surface area (Å²) in [6.07, 6.45) is 6.94. The van der Waals surface area contributed by atoms with E-state index in [4.69, 9.17) is 0 Å². The van der Waals surface area contributed by atoms with Crippen molar-refractivity contribution in [1.82, 2.24) is 5.32 Å². The predicted octanol–water partition coefficient (Wildman–Crippen LogP) is 3.93. The molecule has 1 N–H and O–H groups in total. The van der Waals surface area contributed by atoms with Gasteiger partial charge in [-0.25, -0.2) is 0 Å². The molecule has 0 amide bonds. The summed E-state index contributed by atoms with van der Waals surface area (Å²) in [6.45, 7) is 7.06. The van der Waals surface area contributed by atoms with E-state index in [1.165, 1.54) is 37.9 Å². The molecule has 96 valence electrons. The highest BCUT2D eigenvalue weighted by atomic mass is 32.2. The molecule has 0 aliphatic heterocycles. The van der Waals surface area contributed by atoms with Gasteiger partial charge in [-0.1, -0.05) is 27.2 Å². The van der Waals surface area contributed by atoms with E-state index >= 15 is 0 Å². The molecule has 1 fully saturated rings. The third-order valence-corrected chi connectivity index (χ3v) is 5.45. The van der Waals surface area contributed by atoms with Crippen LogP contribution in [0.4, 0.5) is 0 Å². The van der Waals surface area contributed by atoms with E-state index in [1.54, 1.807) is 0 Å². The minimum atomic E-state index is 0.761. The molecule has 1 aliphatic carbocycles. The highest BCUT2D eigenvalue weighted by Crippen LogP contribution is 2.36. The van der Waals surface area contributed by atoms with Gasteiger partial charge < -0.3 is 5.32 Å². The first-order valence-corrected chi connectivity index (χ1v) is 8.02. The first kappa shape index (κ1) is 14.4. The number of hydrogen-bond acceptors (Lipinski definition) is 2. The number of thioether (sulfide) groups is 1. The van der Waals surface area contributed by atoms with Crippen molar-refractivity contribution in [2.45, 2.75) is 64.2 Å². The van der Waals surface area contributed by atoms with E-state index in [-0.39, 0.29) is 0 Å². The first-order valence-electron chi connectivity index (χ1n) is 6.97. The largest absolute Gasteiger partial charge is 0.316 e. The van der Waals surface area contributed by atoms with Gasteiger partial charge in [-0.2, -0.15) is 11.8 Å². The fourth-order valence-electron chi connectivity index (χ4n) is 2.66. The molecule has 0 spiro atoms. The van der Waals surface area contributed by atoms with E-state index in [9.17, 15) is 0 Å². The Morgan fingerprint density at radius 1 is 1.31 bits per heavy atom. The SMILES string of the molecule is CCCCSC1CC(C(C)C)CCC1NC. The summed E-state index contributed by atoms with van der Waals surface area (Å²) in [6, 6.07) is 0.761. The topological polar surface area (TPSA) is 12.0 Å². The zero-order chi connectivity index (χ0) is 12.0. The molecule has 1 aliphatic rings. The second-order valence-electron chi connectivity index (χ2n) is 5.48. The number of rotatable bonds is 6. The quantitative estimate of drug-likeness (QED) is 0.709. The predicted molar refractivity (Wildman–Crippen MR) is 76.2 cm³/mol. The molecule has 16 heavy (non-hydrogen) atoms. The van der Waals surface area contributed by atoms with Crippen LogP contribution in [0.2, 0.25) is 0 Å². The lowest BCUT2D eigenvalue weighted by atomic mass is 9.79. The van der Waals surface area contributed by atoms with Crippen molar-refractivity contribution in [3.8, 4) is 0 Å². The van der Waals surface area contributed by atoms with Crippen LogP contribution in [-0.4, -0.2) is 24.1 Å². The lowest BCUT2D eigenvalue weighted by Crippen LogP contribution is -2.41. The lowest BCUT2D eigenvalue weighted by molar-refractivity contribution is 0.251. The number of hydrogen-bond donors (Lipinski definition) is 1. The standard InChI is InChI=1S/C14H29NS/c1-5-6-9-16-14-10-12(11(2)3)7-8-13(14)15-4/h11-15H,5-10H2,1-4H3. The lowest BCUT2D eigenvalue weighted by Gasteiger charge is -2.37. The third-order valence-electron chi connectivity index (χ3n) is 3.98. The smallest absolute Gasteiger partial charge is 0.0203 e. The third kappa shape index (κ3) is 4.29. The van der Waals surface area contributed by atoms with E-state index < -0.39 is 0 Å². The average molecular weight is 243 g/mol. The van der Waals surface area contributed by atoms with Crippen molar-refractivity contribution in [2.24, 2.45) is 11.8 Å². The van der Waals surface area contributed by atoms with Gasteiger partial charge in [0.25, 0.3) is 0 Å². The molecule has 0 saturated heterocycles.